The van der Waals surface area contributed by atoms with Crippen LogP contribution in [-0.4, -0.2) is 44.7 Å². The normalized spacial score (nSPS) is 17.5. The smallest absolute Gasteiger partial charge is 0.258 e. The number of rotatable bonds is 8. The maximum absolute atomic E-state index is 12.8. The minimum Gasteiger partial charge on any atom is -0.493 e. The molecule has 2 heterocycles. The number of methoxy groups -OCH3 is 2. The zero-order valence-electron chi connectivity index (χ0n) is 19.3. The molecule has 2 N–H and O–H groups in total. The molecule has 0 radical (unpaired) electrons. The van der Waals surface area contributed by atoms with E-state index in [-0.39, 0.29) is 5.91 Å². The van der Waals surface area contributed by atoms with Gasteiger partial charge in [0.1, 0.15) is 0 Å². The predicted molar refractivity (Wildman–Crippen MR) is 129 cm³/mol. The lowest BCUT2D eigenvalue weighted by atomic mass is 10.0. The van der Waals surface area contributed by atoms with Gasteiger partial charge in [0.25, 0.3) is 5.91 Å². The maximum Gasteiger partial charge on any atom is 0.258 e. The van der Waals surface area contributed by atoms with Gasteiger partial charge in [0, 0.05) is 29.6 Å². The fourth-order valence-electron chi connectivity index (χ4n) is 4.52. The van der Waals surface area contributed by atoms with E-state index in [1.165, 1.54) is 37.9 Å². The molecule has 2 aliphatic rings. The largest absolute Gasteiger partial charge is 0.493 e. The Morgan fingerprint density at radius 2 is 1.72 bits per heavy atom. The summed E-state index contributed by atoms with van der Waals surface area (Å²) in [5.74, 6) is 1.09. The molecular weight excluding hydrogens is 402 g/mol. The van der Waals surface area contributed by atoms with E-state index in [2.05, 4.69) is 39.8 Å². The van der Waals surface area contributed by atoms with Crippen molar-refractivity contribution in [2.45, 2.75) is 39.0 Å². The van der Waals surface area contributed by atoms with Crippen LogP contribution < -0.4 is 20.1 Å². The number of hydrogen-bond donors (Lipinski definition) is 2. The summed E-state index contributed by atoms with van der Waals surface area (Å²) in [6, 6.07) is 12.2. The fraction of sp³-hybridized carbons (Fsp3) is 0.423. The molecular formula is C26H33N3O3. The summed E-state index contributed by atoms with van der Waals surface area (Å²) in [6.45, 7) is 5.63. The molecule has 0 spiro atoms. The van der Waals surface area contributed by atoms with Gasteiger partial charge in [-0.3, -0.25) is 4.79 Å². The Labute approximate surface area is 190 Å². The van der Waals surface area contributed by atoms with Crippen LogP contribution in [0, 0.1) is 0 Å². The first-order valence-electron chi connectivity index (χ1n) is 11.5. The van der Waals surface area contributed by atoms with Crippen LogP contribution in [-0.2, 0) is 11.2 Å². The third kappa shape index (κ3) is 4.75. The molecule has 170 valence electrons. The molecule has 1 fully saturated rings. The molecule has 0 unspecified atom stereocenters. The van der Waals surface area contributed by atoms with Crippen LogP contribution in [0.3, 0.4) is 0 Å². The van der Waals surface area contributed by atoms with Crippen LogP contribution in [0.4, 0.5) is 11.4 Å². The second-order valence-electron chi connectivity index (χ2n) is 8.39. The zero-order chi connectivity index (χ0) is 22.5. The molecule has 0 saturated carbocycles. The molecule has 1 saturated heterocycles. The highest BCUT2D eigenvalue weighted by atomic mass is 16.5. The van der Waals surface area contributed by atoms with Gasteiger partial charge in [0.2, 0.25) is 0 Å². The lowest BCUT2D eigenvalue weighted by Gasteiger charge is -2.26. The summed E-state index contributed by atoms with van der Waals surface area (Å²) < 4.78 is 10.8. The average molecular weight is 436 g/mol. The minimum atomic E-state index is -0.113. The van der Waals surface area contributed by atoms with Crippen LogP contribution in [0.1, 0.15) is 43.7 Å². The molecule has 32 heavy (non-hydrogen) atoms. The topological polar surface area (TPSA) is 62.8 Å². The van der Waals surface area contributed by atoms with Crippen molar-refractivity contribution in [3.8, 4) is 11.5 Å². The number of allylic oxidation sites excluding steroid dienone is 1. The number of benzene rings is 2. The monoisotopic (exact) mass is 435 g/mol. The van der Waals surface area contributed by atoms with E-state index in [0.717, 1.165) is 35.6 Å². The molecule has 0 bridgehead atoms. The van der Waals surface area contributed by atoms with Crippen LogP contribution in [0.15, 0.2) is 42.1 Å². The number of amides is 1. The Morgan fingerprint density at radius 1 is 1.03 bits per heavy atom. The first kappa shape index (κ1) is 22.2. The molecule has 2 aliphatic heterocycles. The number of hydrogen-bond acceptors (Lipinski definition) is 5. The van der Waals surface area contributed by atoms with Crippen molar-refractivity contribution in [2.75, 3.05) is 44.5 Å². The molecule has 6 nitrogen and oxygen atoms in total. The fourth-order valence-corrected chi connectivity index (χ4v) is 4.52. The quantitative estimate of drug-likeness (QED) is 0.577. The third-order valence-corrected chi connectivity index (χ3v) is 6.34. The number of fused-ring (bicyclic) bond motifs is 1. The van der Waals surface area contributed by atoms with Crippen LogP contribution in [0.5, 0.6) is 11.5 Å². The van der Waals surface area contributed by atoms with E-state index in [1.807, 2.05) is 19.1 Å². The van der Waals surface area contributed by atoms with E-state index >= 15 is 0 Å². The summed E-state index contributed by atoms with van der Waals surface area (Å²) >= 11 is 0. The van der Waals surface area contributed by atoms with Crippen molar-refractivity contribution in [1.82, 2.24) is 4.90 Å². The van der Waals surface area contributed by atoms with Crippen LogP contribution in [0.25, 0.3) is 5.57 Å². The number of carbonyl (C=O) groups excluding carboxylic acids is 1. The molecule has 0 aliphatic carbocycles. The van der Waals surface area contributed by atoms with Crippen molar-refractivity contribution in [2.24, 2.45) is 0 Å². The van der Waals surface area contributed by atoms with E-state index in [1.54, 1.807) is 14.2 Å². The third-order valence-electron chi connectivity index (χ3n) is 6.34. The van der Waals surface area contributed by atoms with E-state index in [4.69, 9.17) is 9.47 Å². The van der Waals surface area contributed by atoms with Crippen molar-refractivity contribution in [1.29, 1.82) is 0 Å². The van der Waals surface area contributed by atoms with Gasteiger partial charge in [-0.1, -0.05) is 25.5 Å². The van der Waals surface area contributed by atoms with E-state index < -0.39 is 0 Å². The highest BCUT2D eigenvalue weighted by Crippen LogP contribution is 2.42. The Bertz CT molecular complexity index is 992. The van der Waals surface area contributed by atoms with Gasteiger partial charge < -0.3 is 25.0 Å². The molecule has 2 aromatic carbocycles. The summed E-state index contributed by atoms with van der Waals surface area (Å²) in [7, 11) is 3.19. The lowest BCUT2D eigenvalue weighted by molar-refractivity contribution is -0.110. The molecule has 0 atom stereocenters. The first-order chi connectivity index (χ1) is 15.6. The van der Waals surface area contributed by atoms with Crippen LogP contribution >= 0.6 is 0 Å². The van der Waals surface area contributed by atoms with Gasteiger partial charge in [0.05, 0.1) is 25.5 Å². The minimum absolute atomic E-state index is 0.113. The standard InChI is InChI=1S/C26H33N3O3/c1-4-21(25-20-16-23(31-2)24(32-3)17-22(20)28-26(25)30)27-19-10-8-18(9-11-19)12-15-29-13-6-5-7-14-29/h8-11,16-17,27H,4-7,12-15H2,1-3H3,(H,28,30). The molecule has 0 aromatic heterocycles. The Hall–Kier alpha value is -2.99. The lowest BCUT2D eigenvalue weighted by Crippen LogP contribution is -2.31. The Morgan fingerprint density at radius 3 is 2.38 bits per heavy atom. The summed E-state index contributed by atoms with van der Waals surface area (Å²) in [6.07, 6.45) is 5.79. The van der Waals surface area contributed by atoms with Gasteiger partial charge >= 0.3 is 0 Å². The van der Waals surface area contributed by atoms with Crippen molar-refractivity contribution in [3.63, 3.8) is 0 Å². The second kappa shape index (κ2) is 10.1. The Kier molecular flexibility index (Phi) is 7.00. The molecule has 4 rings (SSSR count). The SMILES string of the molecule is CCC(Nc1ccc(CCN2CCCCC2)cc1)=C1C(=O)Nc2cc(OC)c(OC)cc21. The average Bonchev–Trinajstić information content (AvgIpc) is 3.16. The number of likely N-dealkylation sites (tertiary alicyclic amines) is 1. The van der Waals surface area contributed by atoms with Gasteiger partial charge in [-0.2, -0.15) is 0 Å². The number of ether oxygens (including phenoxy) is 2. The van der Waals surface area contributed by atoms with Gasteiger partial charge in [-0.25, -0.2) is 0 Å². The van der Waals surface area contributed by atoms with Crippen molar-refractivity contribution >= 4 is 22.9 Å². The van der Waals surface area contributed by atoms with Gasteiger partial charge in [0.15, 0.2) is 11.5 Å². The zero-order valence-corrected chi connectivity index (χ0v) is 19.3. The van der Waals surface area contributed by atoms with Gasteiger partial charge in [-0.15, -0.1) is 0 Å². The molecule has 2 aromatic rings. The summed E-state index contributed by atoms with van der Waals surface area (Å²) in [5, 5.41) is 6.43. The predicted octanol–water partition coefficient (Wildman–Crippen LogP) is 4.92. The van der Waals surface area contributed by atoms with E-state index in [0.29, 0.717) is 23.5 Å². The summed E-state index contributed by atoms with van der Waals surface area (Å²) in [5.41, 5.74) is 5.43. The Balaban J connectivity index is 1.51. The number of carbonyl (C=O) groups is 1. The van der Waals surface area contributed by atoms with Crippen molar-refractivity contribution in [3.05, 3.63) is 53.2 Å². The van der Waals surface area contributed by atoms with Crippen LogP contribution in [0.2, 0.25) is 0 Å². The maximum atomic E-state index is 12.8. The highest BCUT2D eigenvalue weighted by molar-refractivity contribution is 6.32. The van der Waals surface area contributed by atoms with Crippen molar-refractivity contribution < 1.29 is 14.3 Å². The number of piperidine rings is 1. The summed E-state index contributed by atoms with van der Waals surface area (Å²) in [4.78, 5) is 15.4. The molecule has 6 heteroatoms. The highest BCUT2D eigenvalue weighted by Gasteiger charge is 2.29. The number of anilines is 2. The second-order valence-corrected chi connectivity index (χ2v) is 8.39. The first-order valence-corrected chi connectivity index (χ1v) is 11.5. The van der Waals surface area contributed by atoms with E-state index in [9.17, 15) is 4.79 Å². The molecule has 1 amide bonds. The number of nitrogens with one attached hydrogen (secondary N) is 2. The van der Waals surface area contributed by atoms with Gasteiger partial charge in [-0.05, 0) is 62.5 Å². The number of nitrogens with zero attached hydrogens (tertiary/aromatic N) is 1.